The van der Waals surface area contributed by atoms with Gasteiger partial charge in [0.1, 0.15) is 18.4 Å². The molecule has 0 unspecified atom stereocenters. The smallest absolute Gasteiger partial charge is 0.416 e. The molecular weight excluding hydrogens is 325 g/mol. The van der Waals surface area contributed by atoms with E-state index in [1.165, 1.54) is 12.1 Å². The first-order valence-corrected chi connectivity index (χ1v) is 7.19. The molecule has 2 rings (SSSR count). The molecular formula is C16H15F3N2O3. The van der Waals surface area contributed by atoms with Gasteiger partial charge in [0.05, 0.1) is 12.1 Å². The van der Waals surface area contributed by atoms with Gasteiger partial charge in [0.25, 0.3) is 0 Å². The number of carbonyl (C=O) groups is 2. The fraction of sp³-hybridized carbons (Fsp3) is 0.375. The fourth-order valence-electron chi connectivity index (χ4n) is 2.06. The zero-order valence-corrected chi connectivity index (χ0v) is 12.6. The van der Waals surface area contributed by atoms with Crippen molar-refractivity contribution in [2.75, 3.05) is 13.2 Å². The monoisotopic (exact) mass is 340 g/mol. The number of hydrogen-bond donors (Lipinski definition) is 2. The van der Waals surface area contributed by atoms with E-state index >= 15 is 0 Å². The summed E-state index contributed by atoms with van der Waals surface area (Å²) >= 11 is 0. The predicted molar refractivity (Wildman–Crippen MR) is 78.9 cm³/mol. The van der Waals surface area contributed by atoms with Gasteiger partial charge in [-0.3, -0.25) is 9.59 Å². The van der Waals surface area contributed by atoms with Crippen LogP contribution in [0.25, 0.3) is 0 Å². The summed E-state index contributed by atoms with van der Waals surface area (Å²) in [5, 5.41) is 5.07. The number of benzene rings is 1. The van der Waals surface area contributed by atoms with Crippen molar-refractivity contribution in [1.82, 2.24) is 10.6 Å². The Morgan fingerprint density at radius 3 is 2.83 bits per heavy atom. The average molecular weight is 340 g/mol. The highest BCUT2D eigenvalue weighted by Crippen LogP contribution is 2.31. The van der Waals surface area contributed by atoms with E-state index in [1.807, 2.05) is 0 Å². The van der Waals surface area contributed by atoms with E-state index < -0.39 is 17.8 Å². The van der Waals surface area contributed by atoms with E-state index in [1.54, 1.807) is 0 Å². The van der Waals surface area contributed by atoms with Crippen LogP contribution in [0.1, 0.15) is 18.4 Å². The van der Waals surface area contributed by atoms with Crippen molar-refractivity contribution in [1.29, 1.82) is 0 Å². The maximum Gasteiger partial charge on any atom is 0.416 e. The molecule has 8 heteroatoms. The Hall–Kier alpha value is -2.69. The Kier molecular flexibility index (Phi) is 5.68. The molecule has 0 bridgehead atoms. The van der Waals surface area contributed by atoms with Crippen LogP contribution in [0.5, 0.6) is 5.75 Å². The quantitative estimate of drug-likeness (QED) is 0.816. The molecule has 0 aromatic heterocycles. The van der Waals surface area contributed by atoms with E-state index in [-0.39, 0.29) is 30.7 Å². The minimum absolute atomic E-state index is 0.0665. The van der Waals surface area contributed by atoms with Gasteiger partial charge in [0, 0.05) is 6.42 Å². The molecule has 0 aliphatic carbocycles. The number of nitrogens with one attached hydrogen (secondary N) is 2. The summed E-state index contributed by atoms with van der Waals surface area (Å²) < 4.78 is 42.7. The van der Waals surface area contributed by atoms with Crippen LogP contribution in [0.2, 0.25) is 0 Å². The first-order chi connectivity index (χ1) is 11.4. The van der Waals surface area contributed by atoms with Crippen molar-refractivity contribution in [2.45, 2.75) is 25.1 Å². The van der Waals surface area contributed by atoms with Gasteiger partial charge in [-0.2, -0.15) is 13.2 Å². The number of alkyl halides is 3. The molecule has 1 aliphatic heterocycles. The standard InChI is InChI=1S/C16H15F3N2O3/c17-16(18,19)11-4-3-5-12(10-11)24-9-2-1-8-20-15(23)13-6-7-14(22)21-13/h3-5,10,13H,6-9H2,(H,20,23)(H,21,22)/t13-/m0/s1. The van der Waals surface area contributed by atoms with Gasteiger partial charge in [-0.1, -0.05) is 17.9 Å². The van der Waals surface area contributed by atoms with Gasteiger partial charge in [-0.15, -0.1) is 0 Å². The van der Waals surface area contributed by atoms with E-state index in [0.29, 0.717) is 12.8 Å². The molecule has 0 saturated carbocycles. The van der Waals surface area contributed by atoms with Crippen LogP contribution in [0.3, 0.4) is 0 Å². The zero-order valence-electron chi connectivity index (χ0n) is 12.6. The van der Waals surface area contributed by atoms with Crippen LogP contribution in [-0.2, 0) is 15.8 Å². The molecule has 1 saturated heterocycles. The number of rotatable bonds is 4. The summed E-state index contributed by atoms with van der Waals surface area (Å²) in [6.07, 6.45) is -3.64. The van der Waals surface area contributed by atoms with Crippen LogP contribution < -0.4 is 15.4 Å². The Labute approximate surface area is 136 Å². The molecule has 24 heavy (non-hydrogen) atoms. The number of carbonyl (C=O) groups excluding carboxylic acids is 2. The second-order valence-corrected chi connectivity index (χ2v) is 5.04. The first kappa shape index (κ1) is 17.7. The number of ether oxygens (including phenoxy) is 1. The lowest BCUT2D eigenvalue weighted by molar-refractivity contribution is -0.137. The summed E-state index contributed by atoms with van der Waals surface area (Å²) in [7, 11) is 0. The topological polar surface area (TPSA) is 67.4 Å². The maximum atomic E-state index is 12.5. The highest BCUT2D eigenvalue weighted by molar-refractivity contribution is 5.90. The third-order valence-corrected chi connectivity index (χ3v) is 3.26. The van der Waals surface area contributed by atoms with Gasteiger partial charge < -0.3 is 15.4 Å². The molecule has 1 atom stereocenters. The second kappa shape index (κ2) is 7.73. The number of halogens is 3. The molecule has 0 radical (unpaired) electrons. The Morgan fingerprint density at radius 1 is 1.38 bits per heavy atom. The lowest BCUT2D eigenvalue weighted by Crippen LogP contribution is -2.41. The Bertz CT molecular complexity index is 677. The number of amides is 2. The maximum absolute atomic E-state index is 12.5. The minimum atomic E-state index is -4.43. The summed E-state index contributed by atoms with van der Waals surface area (Å²) in [5.41, 5.74) is -0.793. The van der Waals surface area contributed by atoms with Crippen LogP contribution in [-0.4, -0.2) is 31.0 Å². The summed E-state index contributed by atoms with van der Waals surface area (Å²) in [4.78, 5) is 22.6. The van der Waals surface area contributed by atoms with Crippen LogP contribution in [0, 0.1) is 11.8 Å². The van der Waals surface area contributed by atoms with Crippen molar-refractivity contribution in [3.63, 3.8) is 0 Å². The van der Waals surface area contributed by atoms with Crippen LogP contribution in [0.4, 0.5) is 13.2 Å². The normalized spacial score (nSPS) is 16.8. The van der Waals surface area contributed by atoms with Gasteiger partial charge in [0.15, 0.2) is 0 Å². The van der Waals surface area contributed by atoms with Crippen molar-refractivity contribution < 1.29 is 27.5 Å². The predicted octanol–water partition coefficient (Wildman–Crippen LogP) is 1.48. The SMILES string of the molecule is O=C1CC[C@@H](C(=O)NCC#CCOc2cccc(C(F)(F)F)c2)N1. The van der Waals surface area contributed by atoms with E-state index in [9.17, 15) is 22.8 Å². The van der Waals surface area contributed by atoms with Crippen molar-refractivity contribution in [3.8, 4) is 17.6 Å². The molecule has 2 N–H and O–H groups in total. The first-order valence-electron chi connectivity index (χ1n) is 7.19. The average Bonchev–Trinajstić information content (AvgIpc) is 2.96. The summed E-state index contributed by atoms with van der Waals surface area (Å²) in [6.45, 7) is -0.0332. The fourth-order valence-corrected chi connectivity index (χ4v) is 2.06. The minimum Gasteiger partial charge on any atom is -0.481 e. The second-order valence-electron chi connectivity index (χ2n) is 5.04. The van der Waals surface area contributed by atoms with Gasteiger partial charge in [-0.25, -0.2) is 0 Å². The molecule has 1 aromatic rings. The lowest BCUT2D eigenvalue weighted by atomic mass is 10.2. The molecule has 0 spiro atoms. The van der Waals surface area contributed by atoms with E-state index in [4.69, 9.17) is 4.74 Å². The Morgan fingerprint density at radius 2 is 2.17 bits per heavy atom. The summed E-state index contributed by atoms with van der Waals surface area (Å²) in [6, 6.07) is 3.98. The van der Waals surface area contributed by atoms with Crippen LogP contribution >= 0.6 is 0 Å². The van der Waals surface area contributed by atoms with Crippen LogP contribution in [0.15, 0.2) is 24.3 Å². The van der Waals surface area contributed by atoms with Crippen molar-refractivity contribution >= 4 is 11.8 Å². The number of hydrogen-bond acceptors (Lipinski definition) is 3. The zero-order chi connectivity index (χ0) is 17.6. The largest absolute Gasteiger partial charge is 0.481 e. The van der Waals surface area contributed by atoms with Crippen molar-refractivity contribution in [3.05, 3.63) is 29.8 Å². The third-order valence-electron chi connectivity index (χ3n) is 3.26. The van der Waals surface area contributed by atoms with Gasteiger partial charge in [0.2, 0.25) is 11.8 Å². The Balaban J connectivity index is 1.72. The highest BCUT2D eigenvalue weighted by Gasteiger charge is 2.30. The third kappa shape index (κ3) is 5.19. The molecule has 5 nitrogen and oxygen atoms in total. The molecule has 1 heterocycles. The van der Waals surface area contributed by atoms with E-state index in [0.717, 1.165) is 12.1 Å². The molecule has 128 valence electrons. The molecule has 2 amide bonds. The van der Waals surface area contributed by atoms with E-state index in [2.05, 4.69) is 22.5 Å². The molecule has 1 aromatic carbocycles. The molecule has 1 fully saturated rings. The van der Waals surface area contributed by atoms with Crippen molar-refractivity contribution in [2.24, 2.45) is 0 Å². The summed E-state index contributed by atoms with van der Waals surface area (Å²) in [5.74, 6) is 4.81. The lowest BCUT2D eigenvalue weighted by Gasteiger charge is -2.08. The van der Waals surface area contributed by atoms with Gasteiger partial charge in [-0.05, 0) is 24.6 Å². The highest BCUT2D eigenvalue weighted by atomic mass is 19.4. The molecule has 1 aliphatic rings. The van der Waals surface area contributed by atoms with Gasteiger partial charge >= 0.3 is 6.18 Å².